The van der Waals surface area contributed by atoms with E-state index >= 15 is 0 Å². The molecule has 1 saturated heterocycles. The number of hydrogen-bond donors (Lipinski definition) is 1. The summed E-state index contributed by atoms with van der Waals surface area (Å²) < 4.78 is 27.0. The van der Waals surface area contributed by atoms with E-state index in [0.717, 1.165) is 16.7 Å². The molecule has 2 atom stereocenters. The van der Waals surface area contributed by atoms with Gasteiger partial charge in [-0.1, -0.05) is 54.6 Å². The van der Waals surface area contributed by atoms with E-state index in [1.54, 1.807) is 4.31 Å². The van der Waals surface area contributed by atoms with Gasteiger partial charge in [0.25, 0.3) is 0 Å². The number of aryl methyl sites for hydroxylation is 1. The van der Waals surface area contributed by atoms with Gasteiger partial charge in [0.1, 0.15) is 0 Å². The molecule has 23 heavy (non-hydrogen) atoms. The second kappa shape index (κ2) is 6.43. The predicted molar refractivity (Wildman–Crippen MR) is 92.5 cm³/mol. The lowest BCUT2D eigenvalue weighted by atomic mass is 9.95. The average Bonchev–Trinajstić information content (AvgIpc) is 2.93. The van der Waals surface area contributed by atoms with Gasteiger partial charge in [-0.2, -0.15) is 4.31 Å². The van der Waals surface area contributed by atoms with Gasteiger partial charge in [0.05, 0.1) is 5.75 Å². The van der Waals surface area contributed by atoms with E-state index < -0.39 is 10.0 Å². The Hall–Kier alpha value is -1.69. The second-order valence-electron chi connectivity index (χ2n) is 6.18. The minimum atomic E-state index is -3.36. The van der Waals surface area contributed by atoms with Gasteiger partial charge in [0.15, 0.2) is 0 Å². The fraction of sp³-hybridized carbons (Fsp3) is 0.333. The van der Waals surface area contributed by atoms with E-state index in [1.165, 1.54) is 0 Å². The SMILES string of the molecule is Cc1ccccc1CS(=O)(=O)N1C[C@@H](N)[C@H](c2ccccc2)C1. The first-order chi connectivity index (χ1) is 11.0. The molecule has 1 aliphatic heterocycles. The number of nitrogens with two attached hydrogens (primary N) is 1. The third kappa shape index (κ3) is 3.47. The highest BCUT2D eigenvalue weighted by atomic mass is 32.2. The molecule has 0 bridgehead atoms. The van der Waals surface area contributed by atoms with E-state index in [-0.39, 0.29) is 17.7 Å². The zero-order valence-electron chi connectivity index (χ0n) is 13.2. The largest absolute Gasteiger partial charge is 0.326 e. The molecule has 0 unspecified atom stereocenters. The predicted octanol–water partition coefficient (Wildman–Crippen LogP) is 2.25. The second-order valence-corrected chi connectivity index (χ2v) is 8.15. The fourth-order valence-electron chi connectivity index (χ4n) is 3.13. The Bertz CT molecular complexity index is 775. The third-order valence-electron chi connectivity index (χ3n) is 4.55. The maximum atomic E-state index is 12.7. The maximum Gasteiger partial charge on any atom is 0.218 e. The van der Waals surface area contributed by atoms with E-state index in [2.05, 4.69) is 0 Å². The molecule has 0 radical (unpaired) electrons. The molecule has 2 N–H and O–H groups in total. The van der Waals surface area contributed by atoms with Gasteiger partial charge >= 0.3 is 0 Å². The molecule has 2 aromatic rings. The van der Waals surface area contributed by atoms with Gasteiger partial charge in [-0.3, -0.25) is 0 Å². The summed E-state index contributed by atoms with van der Waals surface area (Å²) in [5.74, 6) is 0.0938. The summed E-state index contributed by atoms with van der Waals surface area (Å²) in [5, 5.41) is 0. The monoisotopic (exact) mass is 330 g/mol. The quantitative estimate of drug-likeness (QED) is 0.935. The molecule has 0 aliphatic carbocycles. The van der Waals surface area contributed by atoms with Crippen LogP contribution in [0.25, 0.3) is 0 Å². The molecular weight excluding hydrogens is 308 g/mol. The van der Waals surface area contributed by atoms with Gasteiger partial charge in [0.2, 0.25) is 10.0 Å². The lowest BCUT2D eigenvalue weighted by Crippen LogP contribution is -2.33. The molecule has 1 heterocycles. The van der Waals surface area contributed by atoms with Crippen LogP contribution >= 0.6 is 0 Å². The van der Waals surface area contributed by atoms with Crippen LogP contribution in [0, 0.1) is 6.92 Å². The zero-order chi connectivity index (χ0) is 16.4. The lowest BCUT2D eigenvalue weighted by molar-refractivity contribution is 0.469. The van der Waals surface area contributed by atoms with Crippen molar-refractivity contribution in [1.82, 2.24) is 4.31 Å². The van der Waals surface area contributed by atoms with E-state index in [0.29, 0.717) is 13.1 Å². The van der Waals surface area contributed by atoms with Gasteiger partial charge in [-0.05, 0) is 23.6 Å². The van der Waals surface area contributed by atoms with Crippen LogP contribution in [0.1, 0.15) is 22.6 Å². The number of benzene rings is 2. The van der Waals surface area contributed by atoms with Crippen LogP contribution in [0.5, 0.6) is 0 Å². The van der Waals surface area contributed by atoms with E-state index in [9.17, 15) is 8.42 Å². The summed E-state index contributed by atoms with van der Waals surface area (Å²) in [7, 11) is -3.36. The molecule has 5 heteroatoms. The molecule has 122 valence electrons. The van der Waals surface area contributed by atoms with Crippen LogP contribution in [0.4, 0.5) is 0 Å². The third-order valence-corrected chi connectivity index (χ3v) is 6.31. The molecular formula is C18H22N2O2S. The van der Waals surface area contributed by atoms with Crippen LogP contribution in [0.3, 0.4) is 0 Å². The van der Waals surface area contributed by atoms with Gasteiger partial charge in [0, 0.05) is 25.0 Å². The molecule has 0 spiro atoms. The maximum absolute atomic E-state index is 12.7. The van der Waals surface area contributed by atoms with Crippen LogP contribution in [-0.2, 0) is 15.8 Å². The Morgan fingerprint density at radius 3 is 2.39 bits per heavy atom. The number of hydrogen-bond acceptors (Lipinski definition) is 3. The Labute approximate surface area is 138 Å². The van der Waals surface area contributed by atoms with Crippen LogP contribution < -0.4 is 5.73 Å². The topological polar surface area (TPSA) is 63.4 Å². The van der Waals surface area contributed by atoms with E-state index in [1.807, 2.05) is 61.5 Å². The Kier molecular flexibility index (Phi) is 4.53. The molecule has 4 nitrogen and oxygen atoms in total. The zero-order valence-corrected chi connectivity index (χ0v) is 14.0. The highest BCUT2D eigenvalue weighted by Crippen LogP contribution is 2.29. The van der Waals surface area contributed by atoms with Gasteiger partial charge in [-0.15, -0.1) is 0 Å². The minimum Gasteiger partial charge on any atom is -0.326 e. The molecule has 0 aromatic heterocycles. The molecule has 0 amide bonds. The summed E-state index contributed by atoms with van der Waals surface area (Å²) in [4.78, 5) is 0. The Morgan fingerprint density at radius 2 is 1.70 bits per heavy atom. The molecule has 2 aromatic carbocycles. The van der Waals surface area contributed by atoms with Crippen molar-refractivity contribution in [2.24, 2.45) is 5.73 Å². The average molecular weight is 330 g/mol. The Balaban J connectivity index is 1.78. The fourth-order valence-corrected chi connectivity index (χ4v) is 4.82. The number of nitrogens with zero attached hydrogens (tertiary/aromatic N) is 1. The van der Waals surface area contributed by atoms with Crippen molar-refractivity contribution in [3.05, 3.63) is 71.3 Å². The van der Waals surface area contributed by atoms with Crippen molar-refractivity contribution in [2.45, 2.75) is 24.6 Å². The number of rotatable bonds is 4. The Morgan fingerprint density at radius 1 is 1.04 bits per heavy atom. The van der Waals surface area contributed by atoms with Gasteiger partial charge < -0.3 is 5.73 Å². The first kappa shape index (κ1) is 16.2. The van der Waals surface area contributed by atoms with Crippen molar-refractivity contribution >= 4 is 10.0 Å². The highest BCUT2D eigenvalue weighted by molar-refractivity contribution is 7.88. The molecule has 1 fully saturated rings. The van der Waals surface area contributed by atoms with Gasteiger partial charge in [-0.25, -0.2) is 8.42 Å². The normalized spacial score (nSPS) is 22.3. The van der Waals surface area contributed by atoms with Crippen LogP contribution in [-0.4, -0.2) is 31.9 Å². The first-order valence-corrected chi connectivity index (χ1v) is 9.41. The standard InChI is InChI=1S/C18H22N2O2S/c1-14-7-5-6-10-16(14)13-23(21,22)20-11-17(18(19)12-20)15-8-3-2-4-9-15/h2-10,17-18H,11-13,19H2,1H3/t17-,18+/m0/s1. The van der Waals surface area contributed by atoms with Crippen molar-refractivity contribution < 1.29 is 8.42 Å². The summed E-state index contributed by atoms with van der Waals surface area (Å²) in [6, 6.07) is 17.4. The summed E-state index contributed by atoms with van der Waals surface area (Å²) in [5.41, 5.74) is 9.17. The van der Waals surface area contributed by atoms with Crippen molar-refractivity contribution in [2.75, 3.05) is 13.1 Å². The summed E-state index contributed by atoms with van der Waals surface area (Å²) >= 11 is 0. The van der Waals surface area contributed by atoms with Crippen LogP contribution in [0.15, 0.2) is 54.6 Å². The summed E-state index contributed by atoms with van der Waals surface area (Å²) in [6.07, 6.45) is 0. The summed E-state index contributed by atoms with van der Waals surface area (Å²) in [6.45, 7) is 2.78. The number of sulfonamides is 1. The first-order valence-electron chi connectivity index (χ1n) is 7.80. The van der Waals surface area contributed by atoms with Crippen molar-refractivity contribution in [3.8, 4) is 0 Å². The van der Waals surface area contributed by atoms with Crippen molar-refractivity contribution in [1.29, 1.82) is 0 Å². The lowest BCUT2D eigenvalue weighted by Gasteiger charge is -2.17. The van der Waals surface area contributed by atoms with E-state index in [4.69, 9.17) is 5.73 Å². The van der Waals surface area contributed by atoms with Crippen LogP contribution in [0.2, 0.25) is 0 Å². The highest BCUT2D eigenvalue weighted by Gasteiger charge is 2.37. The molecule has 0 saturated carbocycles. The smallest absolute Gasteiger partial charge is 0.218 e. The molecule has 1 aliphatic rings. The van der Waals surface area contributed by atoms with Crippen molar-refractivity contribution in [3.63, 3.8) is 0 Å². The molecule has 3 rings (SSSR count). The minimum absolute atomic E-state index is 0.0356.